The van der Waals surface area contributed by atoms with Crippen molar-refractivity contribution in [3.63, 3.8) is 0 Å². The van der Waals surface area contributed by atoms with E-state index in [-0.39, 0.29) is 24.3 Å². The molecule has 77 heavy (non-hydrogen) atoms. The van der Waals surface area contributed by atoms with E-state index in [0.29, 0.717) is 25.7 Å². The summed E-state index contributed by atoms with van der Waals surface area (Å²) in [6, 6.07) is 5.62. The number of carbonyl (C=O) groups is 3. The lowest BCUT2D eigenvalue weighted by atomic mass is 9.46. The number of aromatic hydroxyl groups is 1. The lowest BCUT2D eigenvalue weighted by Crippen LogP contribution is -2.67. The molecule has 1 aromatic rings. The summed E-state index contributed by atoms with van der Waals surface area (Å²) in [7, 11) is 0. The van der Waals surface area contributed by atoms with E-state index in [4.69, 9.17) is 14.2 Å². The Hall–Kier alpha value is -3.49. The molecule has 0 aliphatic heterocycles. The number of carbonyl (C=O) groups excluding carboxylic acids is 3. The summed E-state index contributed by atoms with van der Waals surface area (Å²) >= 11 is 0. The summed E-state index contributed by atoms with van der Waals surface area (Å²) in [6.07, 6.45) is -31.7. The topological polar surface area (TPSA) is 140 Å². The third kappa shape index (κ3) is 12.4. The zero-order chi connectivity index (χ0) is 60.4. The molecule has 2 saturated carbocycles. The van der Waals surface area contributed by atoms with Crippen LogP contribution in [0.3, 0.4) is 0 Å². The summed E-state index contributed by atoms with van der Waals surface area (Å²) in [4.78, 5) is 45.2. The van der Waals surface area contributed by atoms with Gasteiger partial charge in [-0.3, -0.25) is 14.4 Å². The number of aliphatic hydroxyl groups is 2. The van der Waals surface area contributed by atoms with Gasteiger partial charge in [0.05, 0.1) is 16.7 Å². The van der Waals surface area contributed by atoms with Gasteiger partial charge in [-0.15, -0.1) is 0 Å². The predicted molar refractivity (Wildman–Crippen MR) is 264 cm³/mol. The average molecular weight is 1130 g/mol. The maximum absolute atomic E-state index is 15.4. The van der Waals surface area contributed by atoms with Crippen LogP contribution >= 0.6 is 0 Å². The maximum atomic E-state index is 15.4. The van der Waals surface area contributed by atoms with Crippen LogP contribution in [0.5, 0.6) is 11.5 Å². The van der Waals surface area contributed by atoms with Crippen molar-refractivity contribution in [2.24, 2.45) is 61.1 Å². The number of phenols is 1. The van der Waals surface area contributed by atoms with E-state index in [1.807, 2.05) is 55.4 Å². The zero-order valence-corrected chi connectivity index (χ0v) is 47.7. The molecule has 0 aromatic heterocycles. The highest BCUT2D eigenvalue weighted by molar-refractivity contribution is 5.81. The van der Waals surface area contributed by atoms with Crippen LogP contribution in [0.2, 0.25) is 0 Å². The van der Waals surface area contributed by atoms with Crippen molar-refractivity contribution in [1.29, 1.82) is 0 Å². The summed E-state index contributed by atoms with van der Waals surface area (Å²) < 4.78 is 191. The molecule has 2 fully saturated rings. The fraction of sp³-hybridized carbons (Fsp3) is 0.839. The molecule has 0 saturated heterocycles. The summed E-state index contributed by atoms with van der Waals surface area (Å²) in [5.41, 5.74) is -23.1. The number of hydrogen-bond acceptors (Lipinski definition) is 9. The highest BCUT2D eigenvalue weighted by atomic mass is 19.4. The molecule has 3 N–H and O–H groups in total. The molecular formula is C56H84F12O9. The number of esters is 3. The molecule has 0 amide bonds. The smallest absolute Gasteiger partial charge is 0.426 e. The Labute approximate surface area is 446 Å². The van der Waals surface area contributed by atoms with Gasteiger partial charge in [0, 0.05) is 11.8 Å². The molecule has 2 aliphatic carbocycles. The minimum absolute atomic E-state index is 0.0548. The largest absolute Gasteiger partial charge is 0.508 e. The van der Waals surface area contributed by atoms with Crippen LogP contribution in [0.4, 0.5) is 52.7 Å². The van der Waals surface area contributed by atoms with E-state index < -0.39 is 146 Å². The Balaban J connectivity index is 2.30. The highest BCUT2D eigenvalue weighted by Gasteiger charge is 2.79. The molecule has 0 radical (unpaired) electrons. The number of benzene rings is 1. The van der Waals surface area contributed by atoms with Gasteiger partial charge < -0.3 is 29.5 Å². The summed E-state index contributed by atoms with van der Waals surface area (Å²) in [6.45, 7) is 29.4. The number of phenolic OH excluding ortho intramolecular Hbond substituents is 1. The number of hydrogen-bond donors (Lipinski definition) is 3. The number of alkyl halides is 12. The minimum atomic E-state index is -6.73. The summed E-state index contributed by atoms with van der Waals surface area (Å²) in [5.74, 6) is -10.7. The minimum Gasteiger partial charge on any atom is -0.508 e. The molecule has 21 heteroatoms. The van der Waals surface area contributed by atoms with Gasteiger partial charge in [-0.05, 0) is 141 Å². The Morgan fingerprint density at radius 2 is 0.974 bits per heavy atom. The van der Waals surface area contributed by atoms with E-state index in [2.05, 4.69) is 0 Å². The van der Waals surface area contributed by atoms with Gasteiger partial charge in [-0.25, -0.2) is 0 Å². The van der Waals surface area contributed by atoms with Gasteiger partial charge >= 0.3 is 42.6 Å². The second kappa shape index (κ2) is 21.4. The van der Waals surface area contributed by atoms with Crippen LogP contribution in [0.1, 0.15) is 188 Å². The lowest BCUT2D eigenvalue weighted by molar-refractivity contribution is -0.405. The molecule has 0 bridgehead atoms. The van der Waals surface area contributed by atoms with Crippen LogP contribution in [0.25, 0.3) is 0 Å². The van der Waals surface area contributed by atoms with Gasteiger partial charge in [-0.2, -0.15) is 52.7 Å². The van der Waals surface area contributed by atoms with E-state index in [9.17, 15) is 72.8 Å². The quantitative estimate of drug-likeness (QED) is 0.0745. The molecule has 0 spiro atoms. The first-order valence-electron chi connectivity index (χ1n) is 26.3. The number of ether oxygens (including phenoxy) is 3. The average Bonchev–Trinajstić information content (AvgIpc) is 3.70. The van der Waals surface area contributed by atoms with Crippen LogP contribution in [-0.4, -0.2) is 80.8 Å². The van der Waals surface area contributed by atoms with Crippen LogP contribution in [0, 0.1) is 61.1 Å². The third-order valence-electron chi connectivity index (χ3n) is 19.1. The van der Waals surface area contributed by atoms with Gasteiger partial charge in [0.25, 0.3) is 11.2 Å². The van der Waals surface area contributed by atoms with Gasteiger partial charge in [0.15, 0.2) is 0 Å². The van der Waals surface area contributed by atoms with Crippen LogP contribution in [-0.2, 0) is 23.9 Å². The monoisotopic (exact) mass is 1130 g/mol. The molecule has 0 heterocycles. The molecule has 3 rings (SSSR count). The zero-order valence-electron chi connectivity index (χ0n) is 47.7. The maximum Gasteiger partial charge on any atom is 0.426 e. The van der Waals surface area contributed by atoms with Crippen molar-refractivity contribution in [3.8, 4) is 11.5 Å². The SMILES string of the molecule is CCC1(OC(=O)C(C(C)(C)CC(C)(C)C(C)(C(=O)OC2CC(C(O)(C(F)(F)F)C(F)(F)F)CC(C(O)(C(F)(F)F)C(F)(F)F)C2)C(C)(C)C)C(C)(C)CC(C)(CC)C(C)(C(=O)Oc2ccc(O)cc2)C(C)(C)C)CCCC1. The van der Waals surface area contributed by atoms with E-state index in [1.165, 1.54) is 52.0 Å². The standard InChI is InChI=1S/C56H84F12O9/c1-18-47(15,49(17,43(6,7)8)41(72)75-36-24-22-35(69)23-25-36)32-45(11,12)38(39(70)77-50(19-2)26-20-21-27-50)44(9,10)31-46(13,14)48(16,42(3,4)5)40(71)76-37-29-33(51(73,53(57,58)59)54(60,61)62)28-34(30-37)52(74,55(63,64)65)56(66,67)68/h22-25,33-34,37-38,69,73-74H,18-21,26-32H2,1-17H3. The van der Waals surface area contributed by atoms with Crippen LogP contribution in [0.15, 0.2) is 24.3 Å². The Kier molecular flexibility index (Phi) is 18.9. The van der Waals surface area contributed by atoms with E-state index in [0.717, 1.165) is 12.8 Å². The fourth-order valence-electron chi connectivity index (χ4n) is 14.0. The molecular weight excluding hydrogens is 1040 g/mol. The van der Waals surface area contributed by atoms with Crippen molar-refractivity contribution in [2.45, 2.75) is 236 Å². The molecule has 446 valence electrons. The second-order valence-corrected chi connectivity index (χ2v) is 27.0. The van der Waals surface area contributed by atoms with Crippen molar-refractivity contribution in [3.05, 3.63) is 24.3 Å². The fourth-order valence-corrected chi connectivity index (χ4v) is 14.0. The van der Waals surface area contributed by atoms with Gasteiger partial charge in [-0.1, -0.05) is 104 Å². The van der Waals surface area contributed by atoms with Gasteiger partial charge in [0.1, 0.15) is 23.2 Å². The Morgan fingerprint density at radius 1 is 0.584 bits per heavy atom. The van der Waals surface area contributed by atoms with Gasteiger partial charge in [0.2, 0.25) is 0 Å². The number of rotatable bonds is 18. The van der Waals surface area contributed by atoms with Crippen molar-refractivity contribution in [1.82, 2.24) is 0 Å². The van der Waals surface area contributed by atoms with Crippen molar-refractivity contribution in [2.75, 3.05) is 0 Å². The third-order valence-corrected chi connectivity index (χ3v) is 19.1. The van der Waals surface area contributed by atoms with E-state index >= 15 is 9.59 Å². The van der Waals surface area contributed by atoms with Crippen LogP contribution < -0.4 is 4.74 Å². The number of halogens is 12. The Bertz CT molecular complexity index is 2150. The molecule has 2 aliphatic rings. The van der Waals surface area contributed by atoms with Crippen molar-refractivity contribution < 1.29 is 96.6 Å². The Morgan fingerprint density at radius 3 is 1.32 bits per heavy atom. The lowest BCUT2D eigenvalue weighted by Gasteiger charge is -2.58. The highest BCUT2D eigenvalue weighted by Crippen LogP contribution is 2.65. The van der Waals surface area contributed by atoms with Crippen molar-refractivity contribution >= 4 is 17.9 Å². The first kappa shape index (κ1) is 67.8. The first-order chi connectivity index (χ1) is 34.1. The molecule has 6 atom stereocenters. The predicted octanol–water partition coefficient (Wildman–Crippen LogP) is 15.6. The molecule has 9 nitrogen and oxygen atoms in total. The van der Waals surface area contributed by atoms with E-state index in [1.54, 1.807) is 34.6 Å². The molecule has 6 unspecified atom stereocenters. The first-order valence-corrected chi connectivity index (χ1v) is 26.3. The second-order valence-electron chi connectivity index (χ2n) is 27.0. The summed E-state index contributed by atoms with van der Waals surface area (Å²) in [5, 5.41) is 30.8. The normalized spacial score (nSPS) is 22.8. The molecule has 1 aromatic carbocycles.